The summed E-state index contributed by atoms with van der Waals surface area (Å²) in [5.74, 6) is -0.0621. The molecule has 2 N–H and O–H groups in total. The first kappa shape index (κ1) is 18.2. The molecule has 0 spiro atoms. The molecule has 0 bridgehead atoms. The number of hydrogen-bond donors (Lipinski definition) is 2. The fraction of sp³-hybridized carbons (Fsp3) is 0.286. The zero-order valence-corrected chi connectivity index (χ0v) is 15.5. The quantitative estimate of drug-likeness (QED) is 0.710. The Morgan fingerprint density at radius 2 is 1.82 bits per heavy atom. The molecular formula is C21H22N4O3. The number of rotatable bonds is 5. The number of ether oxygens (including phenoxy) is 1. The summed E-state index contributed by atoms with van der Waals surface area (Å²) in [6, 6.07) is 15.1. The van der Waals surface area contributed by atoms with Gasteiger partial charge in [-0.1, -0.05) is 30.3 Å². The lowest BCUT2D eigenvalue weighted by Gasteiger charge is -2.26. The van der Waals surface area contributed by atoms with Crippen LogP contribution in [0, 0.1) is 0 Å². The minimum Gasteiger partial charge on any atom is -0.378 e. The van der Waals surface area contributed by atoms with Gasteiger partial charge in [-0.25, -0.2) is 0 Å². The highest BCUT2D eigenvalue weighted by atomic mass is 16.5. The van der Waals surface area contributed by atoms with E-state index in [0.29, 0.717) is 38.4 Å². The Hall–Kier alpha value is -3.19. The summed E-state index contributed by atoms with van der Waals surface area (Å²) in [4.78, 5) is 26.5. The molecule has 1 aliphatic rings. The van der Waals surface area contributed by atoms with E-state index < -0.39 is 0 Å². The fourth-order valence-electron chi connectivity index (χ4n) is 3.29. The molecule has 7 heteroatoms. The Morgan fingerprint density at radius 3 is 2.61 bits per heavy atom. The number of H-pyrrole nitrogens is 1. The molecule has 2 aromatic carbocycles. The van der Waals surface area contributed by atoms with Crippen LogP contribution in [0.3, 0.4) is 0 Å². The molecule has 144 valence electrons. The van der Waals surface area contributed by atoms with Gasteiger partial charge in [0.25, 0.3) is 5.91 Å². The topological polar surface area (TPSA) is 87.3 Å². The third kappa shape index (κ3) is 4.04. The Morgan fingerprint density at radius 1 is 1.07 bits per heavy atom. The van der Waals surface area contributed by atoms with E-state index in [-0.39, 0.29) is 18.2 Å². The van der Waals surface area contributed by atoms with Crippen molar-refractivity contribution in [1.29, 1.82) is 0 Å². The maximum absolute atomic E-state index is 12.5. The van der Waals surface area contributed by atoms with Crippen molar-refractivity contribution in [3.63, 3.8) is 0 Å². The largest absolute Gasteiger partial charge is 0.378 e. The van der Waals surface area contributed by atoms with Crippen molar-refractivity contribution in [3.8, 4) is 0 Å². The van der Waals surface area contributed by atoms with Crippen LogP contribution < -0.4 is 5.32 Å². The smallest absolute Gasteiger partial charge is 0.254 e. The SMILES string of the molecule is O=C(Cc1[nH]nc2ccccc12)NCc1ccc(C(=O)N2CCOCC2)cc1. The summed E-state index contributed by atoms with van der Waals surface area (Å²) in [7, 11) is 0. The van der Waals surface area contributed by atoms with Gasteiger partial charge in [-0.15, -0.1) is 0 Å². The zero-order valence-electron chi connectivity index (χ0n) is 15.5. The van der Waals surface area contributed by atoms with Crippen LogP contribution in [0.1, 0.15) is 21.6 Å². The van der Waals surface area contributed by atoms with Gasteiger partial charge >= 0.3 is 0 Å². The van der Waals surface area contributed by atoms with Gasteiger partial charge in [-0.2, -0.15) is 5.10 Å². The van der Waals surface area contributed by atoms with Gasteiger partial charge in [0, 0.05) is 30.6 Å². The van der Waals surface area contributed by atoms with Gasteiger partial charge in [0.1, 0.15) is 0 Å². The average Bonchev–Trinajstić information content (AvgIpc) is 3.15. The maximum atomic E-state index is 12.5. The first-order valence-electron chi connectivity index (χ1n) is 9.35. The molecule has 0 atom stereocenters. The van der Waals surface area contributed by atoms with Crippen LogP contribution in [0.2, 0.25) is 0 Å². The summed E-state index contributed by atoms with van der Waals surface area (Å²) in [5.41, 5.74) is 3.26. The number of aromatic amines is 1. The van der Waals surface area contributed by atoms with E-state index >= 15 is 0 Å². The number of aromatic nitrogens is 2. The van der Waals surface area contributed by atoms with Gasteiger partial charge in [0.05, 0.1) is 30.8 Å². The van der Waals surface area contributed by atoms with Crippen LogP contribution in [-0.4, -0.2) is 53.2 Å². The minimum absolute atomic E-state index is 0.0185. The predicted octanol–water partition coefficient (Wildman–Crippen LogP) is 1.89. The Bertz CT molecular complexity index is 975. The molecule has 0 unspecified atom stereocenters. The van der Waals surface area contributed by atoms with Crippen LogP contribution in [-0.2, 0) is 22.5 Å². The van der Waals surface area contributed by atoms with E-state index in [2.05, 4.69) is 15.5 Å². The number of carbonyl (C=O) groups excluding carboxylic acids is 2. The van der Waals surface area contributed by atoms with E-state index in [1.165, 1.54) is 0 Å². The van der Waals surface area contributed by atoms with Crippen LogP contribution in [0.4, 0.5) is 0 Å². The number of amides is 2. The number of para-hydroxylation sites is 1. The molecule has 1 fully saturated rings. The van der Waals surface area contributed by atoms with E-state index in [4.69, 9.17) is 4.74 Å². The lowest BCUT2D eigenvalue weighted by molar-refractivity contribution is -0.120. The summed E-state index contributed by atoms with van der Waals surface area (Å²) < 4.78 is 5.28. The average molecular weight is 378 g/mol. The molecule has 4 rings (SSSR count). The van der Waals surface area contributed by atoms with Crippen molar-refractivity contribution in [3.05, 3.63) is 65.4 Å². The standard InChI is InChI=1S/C21H22N4O3/c26-20(13-19-17-3-1-2-4-18(17)23-24-19)22-14-15-5-7-16(8-6-15)21(27)25-9-11-28-12-10-25/h1-8H,9-14H2,(H,22,26)(H,23,24). The number of nitrogens with one attached hydrogen (secondary N) is 2. The monoisotopic (exact) mass is 378 g/mol. The van der Waals surface area contributed by atoms with Crippen molar-refractivity contribution in [2.24, 2.45) is 0 Å². The molecule has 0 aliphatic carbocycles. The highest BCUT2D eigenvalue weighted by molar-refractivity contribution is 5.94. The van der Waals surface area contributed by atoms with E-state index in [1.807, 2.05) is 48.5 Å². The molecule has 1 aromatic heterocycles. The molecule has 3 aromatic rings. The molecule has 2 heterocycles. The van der Waals surface area contributed by atoms with Crippen molar-refractivity contribution in [2.45, 2.75) is 13.0 Å². The van der Waals surface area contributed by atoms with Gasteiger partial charge in [-0.3, -0.25) is 14.7 Å². The summed E-state index contributed by atoms with van der Waals surface area (Å²) in [6.07, 6.45) is 0.244. The van der Waals surface area contributed by atoms with E-state index in [9.17, 15) is 9.59 Å². The number of fused-ring (bicyclic) bond motifs is 1. The Balaban J connectivity index is 1.32. The summed E-state index contributed by atoms with van der Waals surface area (Å²) in [6.45, 7) is 2.83. The van der Waals surface area contributed by atoms with Gasteiger partial charge < -0.3 is 15.0 Å². The zero-order chi connectivity index (χ0) is 19.3. The second-order valence-electron chi connectivity index (χ2n) is 6.77. The van der Waals surface area contributed by atoms with Crippen molar-refractivity contribution >= 4 is 22.7 Å². The van der Waals surface area contributed by atoms with Crippen LogP contribution in [0.25, 0.3) is 10.9 Å². The molecule has 0 radical (unpaired) electrons. The first-order chi connectivity index (χ1) is 13.7. The maximum Gasteiger partial charge on any atom is 0.254 e. The lowest BCUT2D eigenvalue weighted by Crippen LogP contribution is -2.40. The van der Waals surface area contributed by atoms with Crippen LogP contribution in [0.15, 0.2) is 48.5 Å². The second kappa shape index (κ2) is 8.22. The number of morpholine rings is 1. The van der Waals surface area contributed by atoms with Gasteiger partial charge in [-0.05, 0) is 23.8 Å². The van der Waals surface area contributed by atoms with Crippen molar-refractivity contribution in [2.75, 3.05) is 26.3 Å². The molecule has 1 aliphatic heterocycles. The Kier molecular flexibility index (Phi) is 5.34. The third-order valence-electron chi connectivity index (χ3n) is 4.87. The fourth-order valence-corrected chi connectivity index (χ4v) is 3.29. The number of nitrogens with zero attached hydrogens (tertiary/aromatic N) is 2. The summed E-state index contributed by atoms with van der Waals surface area (Å²) in [5, 5.41) is 11.0. The Labute approximate surface area is 162 Å². The predicted molar refractivity (Wildman–Crippen MR) is 105 cm³/mol. The molecule has 0 saturated carbocycles. The third-order valence-corrected chi connectivity index (χ3v) is 4.87. The van der Waals surface area contributed by atoms with Crippen LogP contribution >= 0.6 is 0 Å². The van der Waals surface area contributed by atoms with Crippen molar-refractivity contribution < 1.29 is 14.3 Å². The van der Waals surface area contributed by atoms with Gasteiger partial charge in [0.15, 0.2) is 0 Å². The number of benzene rings is 2. The lowest BCUT2D eigenvalue weighted by atomic mass is 10.1. The van der Waals surface area contributed by atoms with Gasteiger partial charge in [0.2, 0.25) is 5.91 Å². The second-order valence-corrected chi connectivity index (χ2v) is 6.77. The highest BCUT2D eigenvalue weighted by Gasteiger charge is 2.18. The van der Waals surface area contributed by atoms with E-state index in [0.717, 1.165) is 22.2 Å². The number of carbonyl (C=O) groups is 2. The highest BCUT2D eigenvalue weighted by Crippen LogP contribution is 2.15. The molecular weight excluding hydrogens is 356 g/mol. The van der Waals surface area contributed by atoms with E-state index in [1.54, 1.807) is 4.90 Å². The minimum atomic E-state index is -0.0807. The molecule has 7 nitrogen and oxygen atoms in total. The first-order valence-corrected chi connectivity index (χ1v) is 9.35. The van der Waals surface area contributed by atoms with Crippen molar-refractivity contribution in [1.82, 2.24) is 20.4 Å². The molecule has 1 saturated heterocycles. The summed E-state index contributed by atoms with van der Waals surface area (Å²) >= 11 is 0. The molecule has 2 amide bonds. The molecule has 28 heavy (non-hydrogen) atoms. The number of hydrogen-bond acceptors (Lipinski definition) is 4. The normalized spacial score (nSPS) is 14.2. The van der Waals surface area contributed by atoms with Crippen LogP contribution in [0.5, 0.6) is 0 Å².